The molecule has 1 N–H and O–H groups in total. The molecule has 1 saturated heterocycles. The molecule has 156 valence electrons. The third-order valence-corrected chi connectivity index (χ3v) is 5.54. The van der Waals surface area contributed by atoms with E-state index in [0.29, 0.717) is 11.4 Å². The Morgan fingerprint density at radius 1 is 1.03 bits per heavy atom. The van der Waals surface area contributed by atoms with Crippen molar-refractivity contribution in [1.29, 1.82) is 0 Å². The average Bonchev–Trinajstić information content (AvgIpc) is 2.72. The number of amides is 1. The maximum atomic E-state index is 12.3. The van der Waals surface area contributed by atoms with E-state index in [0.717, 1.165) is 50.5 Å². The van der Waals surface area contributed by atoms with E-state index in [1.807, 2.05) is 31.2 Å². The van der Waals surface area contributed by atoms with Crippen LogP contribution in [0.2, 0.25) is 5.02 Å². The van der Waals surface area contributed by atoms with Crippen molar-refractivity contribution in [3.8, 4) is 0 Å². The summed E-state index contributed by atoms with van der Waals surface area (Å²) >= 11 is 6.11. The molecule has 2 aromatic rings. The molecule has 1 fully saturated rings. The first-order valence-electron chi connectivity index (χ1n) is 9.83. The monoisotopic (exact) mass is 433 g/mol. The third-order valence-electron chi connectivity index (χ3n) is 5.14. The Balaban J connectivity index is 0.00000300. The van der Waals surface area contributed by atoms with Gasteiger partial charge < -0.3 is 10.2 Å². The SMILES string of the molecule is Cc1c(Cl)cccc1NC(=O)CCN1CCN(C/C=C/c2ccccc2)CC1.Cl. The number of nitrogens with one attached hydrogen (secondary N) is 1. The third kappa shape index (κ3) is 7.48. The average molecular weight is 434 g/mol. The summed E-state index contributed by atoms with van der Waals surface area (Å²) in [6, 6.07) is 16.0. The number of carbonyl (C=O) groups excluding carboxylic acids is 1. The lowest BCUT2D eigenvalue weighted by atomic mass is 10.2. The first-order chi connectivity index (χ1) is 13.6. The predicted octanol–water partition coefficient (Wildman–Crippen LogP) is 4.73. The van der Waals surface area contributed by atoms with Gasteiger partial charge in [-0.2, -0.15) is 0 Å². The number of nitrogens with zero attached hydrogens (tertiary/aromatic N) is 2. The van der Waals surface area contributed by atoms with Crippen LogP contribution < -0.4 is 5.32 Å². The van der Waals surface area contributed by atoms with Crippen molar-refractivity contribution in [3.63, 3.8) is 0 Å². The summed E-state index contributed by atoms with van der Waals surface area (Å²) in [5.41, 5.74) is 2.95. The van der Waals surface area contributed by atoms with Gasteiger partial charge >= 0.3 is 0 Å². The summed E-state index contributed by atoms with van der Waals surface area (Å²) < 4.78 is 0. The zero-order valence-electron chi connectivity index (χ0n) is 16.8. The lowest BCUT2D eigenvalue weighted by Gasteiger charge is -2.34. The lowest BCUT2D eigenvalue weighted by molar-refractivity contribution is -0.116. The Morgan fingerprint density at radius 2 is 1.72 bits per heavy atom. The topological polar surface area (TPSA) is 35.6 Å². The second-order valence-electron chi connectivity index (χ2n) is 7.17. The van der Waals surface area contributed by atoms with Crippen LogP contribution in [0.4, 0.5) is 5.69 Å². The van der Waals surface area contributed by atoms with Crippen molar-refractivity contribution < 1.29 is 4.79 Å². The van der Waals surface area contributed by atoms with E-state index in [4.69, 9.17) is 11.6 Å². The highest BCUT2D eigenvalue weighted by Crippen LogP contribution is 2.23. The molecule has 1 aliphatic rings. The Labute approximate surface area is 184 Å². The van der Waals surface area contributed by atoms with E-state index in [2.05, 4.69) is 51.5 Å². The van der Waals surface area contributed by atoms with Crippen molar-refractivity contribution >= 4 is 41.7 Å². The lowest BCUT2D eigenvalue weighted by Crippen LogP contribution is -2.46. The van der Waals surface area contributed by atoms with E-state index in [1.165, 1.54) is 5.56 Å². The van der Waals surface area contributed by atoms with Crippen molar-refractivity contribution in [2.75, 3.05) is 44.6 Å². The number of rotatable bonds is 7. The number of benzene rings is 2. The van der Waals surface area contributed by atoms with Gasteiger partial charge in [-0.25, -0.2) is 0 Å². The molecule has 0 radical (unpaired) electrons. The smallest absolute Gasteiger partial charge is 0.225 e. The summed E-state index contributed by atoms with van der Waals surface area (Å²) in [5, 5.41) is 3.65. The van der Waals surface area contributed by atoms with Crippen molar-refractivity contribution in [2.45, 2.75) is 13.3 Å². The molecule has 2 aromatic carbocycles. The highest BCUT2D eigenvalue weighted by atomic mass is 35.5. The summed E-state index contributed by atoms with van der Waals surface area (Å²) in [6.07, 6.45) is 4.90. The Bertz CT molecular complexity index is 803. The first kappa shape index (κ1) is 23.4. The number of hydrogen-bond acceptors (Lipinski definition) is 3. The number of hydrogen-bond donors (Lipinski definition) is 1. The van der Waals surface area contributed by atoms with Crippen LogP contribution in [0.5, 0.6) is 0 Å². The molecule has 29 heavy (non-hydrogen) atoms. The quantitative estimate of drug-likeness (QED) is 0.685. The molecular formula is C23H29Cl2N3O. The molecule has 6 heteroatoms. The predicted molar refractivity (Wildman–Crippen MR) is 125 cm³/mol. The Hall–Kier alpha value is -1.85. The van der Waals surface area contributed by atoms with Gasteiger partial charge in [0.1, 0.15) is 0 Å². The van der Waals surface area contributed by atoms with E-state index in [9.17, 15) is 4.79 Å². The fourth-order valence-electron chi connectivity index (χ4n) is 3.31. The van der Waals surface area contributed by atoms with Gasteiger partial charge in [-0.15, -0.1) is 12.4 Å². The van der Waals surface area contributed by atoms with Crippen LogP contribution in [-0.2, 0) is 4.79 Å². The molecule has 0 aliphatic carbocycles. The number of halogens is 2. The standard InChI is InChI=1S/C23H28ClN3O.ClH/c1-19-21(24)10-5-11-22(19)25-23(28)12-14-27-17-15-26(16-18-27)13-6-9-20-7-3-2-4-8-20;/h2-11H,12-18H2,1H3,(H,25,28);1H/b9-6+;. The van der Waals surface area contributed by atoms with Gasteiger partial charge in [0.15, 0.2) is 0 Å². The molecule has 0 saturated carbocycles. The zero-order chi connectivity index (χ0) is 19.8. The molecule has 0 spiro atoms. The fourth-order valence-corrected chi connectivity index (χ4v) is 3.49. The van der Waals surface area contributed by atoms with Gasteiger partial charge in [0.25, 0.3) is 0 Å². The summed E-state index contributed by atoms with van der Waals surface area (Å²) in [6.45, 7) is 7.76. The molecular weight excluding hydrogens is 405 g/mol. The summed E-state index contributed by atoms with van der Waals surface area (Å²) in [7, 11) is 0. The van der Waals surface area contributed by atoms with Gasteiger partial charge in [0.2, 0.25) is 5.91 Å². The Kier molecular flexibility index (Phi) is 9.68. The highest BCUT2D eigenvalue weighted by Gasteiger charge is 2.16. The molecule has 3 rings (SSSR count). The van der Waals surface area contributed by atoms with Crippen LogP contribution in [0, 0.1) is 6.92 Å². The number of anilines is 1. The van der Waals surface area contributed by atoms with Crippen molar-refractivity contribution in [3.05, 3.63) is 70.8 Å². The Morgan fingerprint density at radius 3 is 2.45 bits per heavy atom. The van der Waals surface area contributed by atoms with Crippen LogP contribution in [0.25, 0.3) is 6.08 Å². The van der Waals surface area contributed by atoms with Crippen molar-refractivity contribution in [1.82, 2.24) is 9.80 Å². The second-order valence-corrected chi connectivity index (χ2v) is 7.57. The minimum atomic E-state index is 0. The molecule has 0 unspecified atom stereocenters. The van der Waals surface area contributed by atoms with Gasteiger partial charge in [-0.3, -0.25) is 9.69 Å². The van der Waals surface area contributed by atoms with E-state index in [-0.39, 0.29) is 18.3 Å². The molecule has 0 aromatic heterocycles. The normalized spacial score (nSPS) is 15.2. The van der Waals surface area contributed by atoms with Crippen LogP contribution in [0.1, 0.15) is 17.5 Å². The van der Waals surface area contributed by atoms with Gasteiger partial charge in [0.05, 0.1) is 0 Å². The van der Waals surface area contributed by atoms with Gasteiger partial charge in [-0.05, 0) is 30.2 Å². The highest BCUT2D eigenvalue weighted by molar-refractivity contribution is 6.31. The van der Waals surface area contributed by atoms with Gasteiger partial charge in [0, 0.05) is 56.4 Å². The molecule has 0 bridgehead atoms. The number of carbonyl (C=O) groups is 1. The maximum absolute atomic E-state index is 12.3. The largest absolute Gasteiger partial charge is 0.326 e. The zero-order valence-corrected chi connectivity index (χ0v) is 18.4. The minimum absolute atomic E-state index is 0. The van der Waals surface area contributed by atoms with E-state index >= 15 is 0 Å². The van der Waals surface area contributed by atoms with Crippen LogP contribution in [-0.4, -0.2) is 55.0 Å². The summed E-state index contributed by atoms with van der Waals surface area (Å²) in [4.78, 5) is 17.1. The van der Waals surface area contributed by atoms with Gasteiger partial charge in [-0.1, -0.05) is 60.2 Å². The summed E-state index contributed by atoms with van der Waals surface area (Å²) in [5.74, 6) is 0.0404. The minimum Gasteiger partial charge on any atom is -0.326 e. The molecule has 0 atom stereocenters. The molecule has 4 nitrogen and oxygen atoms in total. The molecule has 1 heterocycles. The maximum Gasteiger partial charge on any atom is 0.225 e. The first-order valence-corrected chi connectivity index (χ1v) is 10.2. The molecule has 1 amide bonds. The van der Waals surface area contributed by atoms with Crippen LogP contribution in [0.3, 0.4) is 0 Å². The van der Waals surface area contributed by atoms with Crippen LogP contribution in [0.15, 0.2) is 54.6 Å². The fraction of sp³-hybridized carbons (Fsp3) is 0.348. The van der Waals surface area contributed by atoms with Crippen LogP contribution >= 0.6 is 24.0 Å². The van der Waals surface area contributed by atoms with E-state index in [1.54, 1.807) is 0 Å². The number of piperazine rings is 1. The molecule has 1 aliphatic heterocycles. The second kappa shape index (κ2) is 12.0. The van der Waals surface area contributed by atoms with Crippen molar-refractivity contribution in [2.24, 2.45) is 0 Å². The van der Waals surface area contributed by atoms with E-state index < -0.39 is 0 Å².